The van der Waals surface area contributed by atoms with E-state index in [0.29, 0.717) is 29.9 Å². The number of carbonyl (C=O) groups is 2. The monoisotopic (exact) mass is 232 g/mol. The van der Waals surface area contributed by atoms with Crippen LogP contribution in [0.25, 0.3) is 5.76 Å². The summed E-state index contributed by atoms with van der Waals surface area (Å²) in [5.74, 6) is -0.670. The third kappa shape index (κ3) is 2.26. The first-order valence-corrected chi connectivity index (χ1v) is 5.37. The average molecular weight is 232 g/mol. The standard InChI is InChI=1S/C13H12O4/c14-6-3-7-17-12-8-11(15)13(16)10-5-2-1-4-9(10)12/h1-2,4-5,8,14H,3,6-7H2. The van der Waals surface area contributed by atoms with Crippen LogP contribution in [0.2, 0.25) is 0 Å². The van der Waals surface area contributed by atoms with Gasteiger partial charge in [0.05, 0.1) is 6.61 Å². The minimum absolute atomic E-state index is 0.0296. The van der Waals surface area contributed by atoms with Crippen molar-refractivity contribution in [1.29, 1.82) is 0 Å². The van der Waals surface area contributed by atoms with Gasteiger partial charge in [-0.15, -0.1) is 0 Å². The van der Waals surface area contributed by atoms with Crippen molar-refractivity contribution in [3.05, 3.63) is 41.5 Å². The van der Waals surface area contributed by atoms with Gasteiger partial charge in [-0.25, -0.2) is 0 Å². The molecule has 2 rings (SSSR count). The summed E-state index contributed by atoms with van der Waals surface area (Å²) in [6.07, 6.45) is 1.70. The van der Waals surface area contributed by atoms with Crippen molar-refractivity contribution < 1.29 is 19.4 Å². The van der Waals surface area contributed by atoms with Crippen LogP contribution in [0.5, 0.6) is 0 Å². The van der Waals surface area contributed by atoms with E-state index in [2.05, 4.69) is 0 Å². The van der Waals surface area contributed by atoms with Crippen LogP contribution in [0, 0.1) is 0 Å². The predicted molar refractivity (Wildman–Crippen MR) is 61.4 cm³/mol. The number of carbonyl (C=O) groups excluding carboxylic acids is 2. The van der Waals surface area contributed by atoms with Crippen LogP contribution >= 0.6 is 0 Å². The molecule has 0 aromatic heterocycles. The van der Waals surface area contributed by atoms with Crippen molar-refractivity contribution in [2.24, 2.45) is 0 Å². The number of rotatable bonds is 4. The van der Waals surface area contributed by atoms with Gasteiger partial charge in [0.15, 0.2) is 0 Å². The van der Waals surface area contributed by atoms with Crippen LogP contribution in [0.15, 0.2) is 30.3 Å². The molecule has 0 saturated heterocycles. The zero-order valence-electron chi connectivity index (χ0n) is 9.18. The highest BCUT2D eigenvalue weighted by molar-refractivity contribution is 6.50. The first-order chi connectivity index (χ1) is 8.24. The molecule has 0 spiro atoms. The number of aliphatic hydroxyl groups excluding tert-OH is 1. The van der Waals surface area contributed by atoms with Gasteiger partial charge in [-0.05, 0) is 0 Å². The van der Waals surface area contributed by atoms with E-state index in [1.54, 1.807) is 24.3 Å². The molecule has 0 unspecified atom stereocenters. The first kappa shape index (κ1) is 11.5. The van der Waals surface area contributed by atoms with Crippen LogP contribution in [0.3, 0.4) is 0 Å². The number of aliphatic hydroxyl groups is 1. The molecular weight excluding hydrogens is 220 g/mol. The van der Waals surface area contributed by atoms with Gasteiger partial charge in [-0.3, -0.25) is 9.59 Å². The Morgan fingerprint density at radius 2 is 1.82 bits per heavy atom. The molecule has 88 valence electrons. The second-order valence-corrected chi connectivity index (χ2v) is 3.67. The van der Waals surface area contributed by atoms with Gasteiger partial charge in [0, 0.05) is 30.2 Å². The lowest BCUT2D eigenvalue weighted by Gasteiger charge is -2.16. The summed E-state index contributed by atoms with van der Waals surface area (Å²) in [6, 6.07) is 6.84. The summed E-state index contributed by atoms with van der Waals surface area (Å²) in [6.45, 7) is 0.347. The van der Waals surface area contributed by atoms with Gasteiger partial charge < -0.3 is 9.84 Å². The maximum Gasteiger partial charge on any atom is 0.233 e. The normalized spacial score (nSPS) is 14.3. The van der Waals surface area contributed by atoms with Crippen molar-refractivity contribution >= 4 is 17.3 Å². The second-order valence-electron chi connectivity index (χ2n) is 3.67. The van der Waals surface area contributed by atoms with Crippen LogP contribution < -0.4 is 0 Å². The Labute approximate surface area is 98.5 Å². The largest absolute Gasteiger partial charge is 0.493 e. The summed E-state index contributed by atoms with van der Waals surface area (Å²) in [4.78, 5) is 23.0. The number of hydrogen-bond donors (Lipinski definition) is 1. The number of ether oxygens (including phenoxy) is 1. The summed E-state index contributed by atoms with van der Waals surface area (Å²) < 4.78 is 5.40. The molecule has 4 heteroatoms. The number of ketones is 2. The third-order valence-electron chi connectivity index (χ3n) is 2.48. The molecule has 0 saturated carbocycles. The van der Waals surface area contributed by atoms with Crippen LogP contribution in [-0.2, 0) is 9.53 Å². The quantitative estimate of drug-likeness (QED) is 0.625. The molecule has 0 radical (unpaired) electrons. The Morgan fingerprint density at radius 3 is 2.53 bits per heavy atom. The number of Topliss-reactive ketones (excluding diaryl/α,β-unsaturated/α-hetero) is 1. The van der Waals surface area contributed by atoms with Crippen LogP contribution in [0.1, 0.15) is 22.3 Å². The molecule has 0 atom stereocenters. The Hall–Kier alpha value is -1.94. The first-order valence-electron chi connectivity index (χ1n) is 5.37. The molecule has 1 aromatic rings. The molecule has 0 amide bonds. The molecule has 0 aliphatic heterocycles. The molecule has 0 heterocycles. The fourth-order valence-electron chi connectivity index (χ4n) is 1.66. The Morgan fingerprint density at radius 1 is 1.12 bits per heavy atom. The van der Waals surface area contributed by atoms with E-state index in [1.165, 1.54) is 6.08 Å². The van der Waals surface area contributed by atoms with Crippen molar-refractivity contribution in [1.82, 2.24) is 0 Å². The van der Waals surface area contributed by atoms with Gasteiger partial charge in [-0.2, -0.15) is 0 Å². The van der Waals surface area contributed by atoms with Crippen molar-refractivity contribution in [2.75, 3.05) is 13.2 Å². The van der Waals surface area contributed by atoms with Gasteiger partial charge in [0.1, 0.15) is 5.76 Å². The molecule has 1 aliphatic carbocycles. The van der Waals surface area contributed by atoms with Gasteiger partial charge in [0.2, 0.25) is 11.6 Å². The van der Waals surface area contributed by atoms with Gasteiger partial charge >= 0.3 is 0 Å². The molecule has 0 bridgehead atoms. The van der Waals surface area contributed by atoms with E-state index < -0.39 is 11.6 Å². The molecule has 4 nitrogen and oxygen atoms in total. The SMILES string of the molecule is O=C1C=C(OCCCO)c2ccccc2C1=O. The number of allylic oxidation sites excluding steroid dienone is 1. The lowest BCUT2D eigenvalue weighted by atomic mass is 9.94. The Balaban J connectivity index is 2.29. The fraction of sp³-hybridized carbons (Fsp3) is 0.231. The van der Waals surface area contributed by atoms with E-state index in [0.717, 1.165) is 0 Å². The van der Waals surface area contributed by atoms with Crippen LogP contribution in [-0.4, -0.2) is 29.9 Å². The molecule has 1 aromatic carbocycles. The highest BCUT2D eigenvalue weighted by Crippen LogP contribution is 2.25. The predicted octanol–water partition coefficient (Wildman–Crippen LogP) is 1.19. The zero-order valence-corrected chi connectivity index (χ0v) is 9.18. The maximum absolute atomic E-state index is 11.6. The van der Waals surface area contributed by atoms with Crippen molar-refractivity contribution in [3.8, 4) is 0 Å². The third-order valence-corrected chi connectivity index (χ3v) is 2.48. The highest BCUT2D eigenvalue weighted by atomic mass is 16.5. The number of fused-ring (bicyclic) bond motifs is 1. The maximum atomic E-state index is 11.6. The zero-order chi connectivity index (χ0) is 12.3. The average Bonchev–Trinajstić information content (AvgIpc) is 2.36. The summed E-state index contributed by atoms with van der Waals surface area (Å²) in [7, 11) is 0. The lowest BCUT2D eigenvalue weighted by Crippen LogP contribution is -2.19. The van der Waals surface area contributed by atoms with E-state index in [1.807, 2.05) is 0 Å². The molecule has 17 heavy (non-hydrogen) atoms. The van der Waals surface area contributed by atoms with Gasteiger partial charge in [0.25, 0.3) is 0 Å². The van der Waals surface area contributed by atoms with E-state index in [-0.39, 0.29) is 6.61 Å². The minimum Gasteiger partial charge on any atom is -0.493 e. The topological polar surface area (TPSA) is 63.6 Å². The van der Waals surface area contributed by atoms with E-state index in [4.69, 9.17) is 9.84 Å². The van der Waals surface area contributed by atoms with Gasteiger partial charge in [-0.1, -0.05) is 24.3 Å². The molecule has 1 N–H and O–H groups in total. The number of hydrogen-bond acceptors (Lipinski definition) is 4. The lowest BCUT2D eigenvalue weighted by molar-refractivity contribution is -0.111. The second kappa shape index (κ2) is 4.93. The van der Waals surface area contributed by atoms with Crippen molar-refractivity contribution in [2.45, 2.75) is 6.42 Å². The number of benzene rings is 1. The molecule has 0 fully saturated rings. The smallest absolute Gasteiger partial charge is 0.233 e. The minimum atomic E-state index is -0.567. The highest BCUT2D eigenvalue weighted by Gasteiger charge is 2.26. The summed E-state index contributed by atoms with van der Waals surface area (Å²) >= 11 is 0. The fourth-order valence-corrected chi connectivity index (χ4v) is 1.66. The van der Waals surface area contributed by atoms with E-state index in [9.17, 15) is 9.59 Å². The Kier molecular flexibility index (Phi) is 3.35. The molecular formula is C13H12O4. The van der Waals surface area contributed by atoms with Crippen LogP contribution in [0.4, 0.5) is 0 Å². The molecule has 1 aliphatic rings. The summed E-state index contributed by atoms with van der Waals surface area (Å²) in [5.41, 5.74) is 1.01. The van der Waals surface area contributed by atoms with Crippen molar-refractivity contribution in [3.63, 3.8) is 0 Å². The summed E-state index contributed by atoms with van der Waals surface area (Å²) in [5, 5.41) is 8.66. The Bertz CT molecular complexity index is 488. The van der Waals surface area contributed by atoms with E-state index >= 15 is 0 Å².